The first kappa shape index (κ1) is 13.6. The fourth-order valence-corrected chi connectivity index (χ4v) is 2.54. The van der Waals surface area contributed by atoms with Crippen LogP contribution in [0.4, 0.5) is 0 Å². The molecule has 0 saturated heterocycles. The second-order valence-electron chi connectivity index (χ2n) is 5.53. The Balaban J connectivity index is 0.000000180. The van der Waals surface area contributed by atoms with E-state index in [1.807, 2.05) is 45.0 Å². The minimum atomic E-state index is 0.0492. The highest BCUT2D eigenvalue weighted by atomic mass is 16.1. The fourth-order valence-electron chi connectivity index (χ4n) is 2.54. The van der Waals surface area contributed by atoms with Gasteiger partial charge in [0.05, 0.1) is 10.9 Å². The van der Waals surface area contributed by atoms with Crippen molar-refractivity contribution < 1.29 is 0 Å². The lowest BCUT2D eigenvalue weighted by atomic mass is 10.2. The number of nitrogens with zero attached hydrogens (tertiary/aromatic N) is 2. The van der Waals surface area contributed by atoms with Crippen molar-refractivity contribution >= 4 is 10.9 Å². The van der Waals surface area contributed by atoms with Crippen LogP contribution >= 0.6 is 0 Å². The number of benzene rings is 2. The van der Waals surface area contributed by atoms with Gasteiger partial charge in [-0.1, -0.05) is 30.3 Å². The minimum Gasteiger partial charge on any atom is -0.294 e. The zero-order valence-corrected chi connectivity index (χ0v) is 12.5. The quantitative estimate of drug-likeness (QED) is 0.528. The second kappa shape index (κ2) is 5.17. The molecule has 0 bridgehead atoms. The number of para-hydroxylation sites is 1. The summed E-state index contributed by atoms with van der Waals surface area (Å²) in [5.74, 6) is 0.772. The summed E-state index contributed by atoms with van der Waals surface area (Å²) >= 11 is 0. The third kappa shape index (κ3) is 2.59. The van der Waals surface area contributed by atoms with Gasteiger partial charge >= 0.3 is 0 Å². The largest absolute Gasteiger partial charge is 0.294 e. The van der Waals surface area contributed by atoms with E-state index in [0.717, 1.165) is 11.3 Å². The lowest BCUT2D eigenvalue weighted by Crippen LogP contribution is -2.25. The number of aryl methyl sites for hydroxylation is 1. The smallest absolute Gasteiger partial charge is 0.261 e. The van der Waals surface area contributed by atoms with Crippen LogP contribution in [-0.4, -0.2) is 9.55 Å². The highest BCUT2D eigenvalue weighted by molar-refractivity contribution is 5.80. The molecule has 0 N–H and O–H groups in total. The van der Waals surface area contributed by atoms with Crippen molar-refractivity contribution in [3.05, 3.63) is 64.7 Å². The van der Waals surface area contributed by atoms with Crippen LogP contribution in [0.1, 0.15) is 25.7 Å². The minimum absolute atomic E-state index is 0.0492. The predicted octanol–water partition coefficient (Wildman–Crippen LogP) is 3.95. The maximum atomic E-state index is 12.1. The highest BCUT2D eigenvalue weighted by Crippen LogP contribution is 2.32. The summed E-state index contributed by atoms with van der Waals surface area (Å²) in [7, 11) is 0. The van der Waals surface area contributed by atoms with Crippen LogP contribution in [0.15, 0.2) is 53.3 Å². The molecule has 0 amide bonds. The second-order valence-corrected chi connectivity index (χ2v) is 5.53. The van der Waals surface area contributed by atoms with Crippen LogP contribution in [0.3, 0.4) is 0 Å². The molecule has 0 radical (unpaired) electrons. The average Bonchev–Trinajstić information content (AvgIpc) is 3.05. The zero-order chi connectivity index (χ0) is 15.0. The molecule has 3 heteroatoms. The monoisotopic (exact) mass is 278 g/mol. The molecule has 2 aliphatic rings. The number of fused-ring (bicyclic) bond motifs is 2. The third-order valence-corrected chi connectivity index (χ3v) is 3.61. The molecule has 0 fully saturated rings. The van der Waals surface area contributed by atoms with Gasteiger partial charge in [0.1, 0.15) is 5.82 Å². The Hall–Kier alpha value is -2.42. The van der Waals surface area contributed by atoms with E-state index in [9.17, 15) is 4.79 Å². The van der Waals surface area contributed by atoms with Crippen molar-refractivity contribution in [2.75, 3.05) is 0 Å². The van der Waals surface area contributed by atoms with Gasteiger partial charge in [0, 0.05) is 6.04 Å². The van der Waals surface area contributed by atoms with Crippen LogP contribution in [0.5, 0.6) is 0 Å². The van der Waals surface area contributed by atoms with Crippen LogP contribution in [0.2, 0.25) is 0 Å². The summed E-state index contributed by atoms with van der Waals surface area (Å²) in [6.45, 7) is 5.85. The molecule has 1 aromatic heterocycles. The Kier molecular flexibility index (Phi) is 3.34. The van der Waals surface area contributed by atoms with Gasteiger partial charge < -0.3 is 0 Å². The summed E-state index contributed by atoms with van der Waals surface area (Å²) in [5.41, 5.74) is 3.68. The Bertz CT molecular complexity index is 845. The van der Waals surface area contributed by atoms with Crippen molar-refractivity contribution in [3.8, 4) is 11.1 Å². The van der Waals surface area contributed by atoms with Gasteiger partial charge in [-0.2, -0.15) is 0 Å². The Morgan fingerprint density at radius 2 is 1.67 bits per heavy atom. The molecular weight excluding hydrogens is 260 g/mol. The van der Waals surface area contributed by atoms with Gasteiger partial charge in [0.25, 0.3) is 5.56 Å². The van der Waals surface area contributed by atoms with E-state index in [2.05, 4.69) is 29.2 Å². The molecule has 3 nitrogen and oxygen atoms in total. The van der Waals surface area contributed by atoms with Crippen molar-refractivity contribution in [3.63, 3.8) is 0 Å². The maximum Gasteiger partial charge on any atom is 0.261 e. The predicted molar refractivity (Wildman–Crippen MR) is 86.6 cm³/mol. The van der Waals surface area contributed by atoms with Crippen LogP contribution < -0.4 is 5.56 Å². The van der Waals surface area contributed by atoms with Crippen LogP contribution in [0.25, 0.3) is 22.0 Å². The van der Waals surface area contributed by atoms with Crippen molar-refractivity contribution in [1.82, 2.24) is 9.55 Å². The SMILES string of the molecule is Cc1nc2ccccc2c(=O)n1C(C)C.c1cc2cc-2c1. The third-order valence-electron chi connectivity index (χ3n) is 3.61. The Morgan fingerprint density at radius 1 is 1.00 bits per heavy atom. The number of rotatable bonds is 1. The molecule has 0 saturated carbocycles. The van der Waals surface area contributed by atoms with E-state index in [1.165, 1.54) is 11.1 Å². The Labute approximate surface area is 123 Å². The molecule has 4 rings (SSSR count). The van der Waals surface area contributed by atoms with Gasteiger partial charge in [-0.15, -0.1) is 0 Å². The van der Waals surface area contributed by atoms with Crippen LogP contribution in [-0.2, 0) is 0 Å². The van der Waals surface area contributed by atoms with Crippen molar-refractivity contribution in [1.29, 1.82) is 0 Å². The first-order valence-electron chi connectivity index (χ1n) is 7.16. The molecule has 2 aromatic rings. The molecular formula is C18H18N2O. The molecule has 0 aliphatic heterocycles. The summed E-state index contributed by atoms with van der Waals surface area (Å²) in [4.78, 5) is 16.5. The van der Waals surface area contributed by atoms with E-state index >= 15 is 0 Å². The van der Waals surface area contributed by atoms with Crippen molar-refractivity contribution in [2.24, 2.45) is 0 Å². The summed E-state index contributed by atoms with van der Waals surface area (Å²) < 4.78 is 1.72. The van der Waals surface area contributed by atoms with Gasteiger partial charge in [0.15, 0.2) is 0 Å². The van der Waals surface area contributed by atoms with Crippen molar-refractivity contribution in [2.45, 2.75) is 26.8 Å². The first-order valence-corrected chi connectivity index (χ1v) is 7.16. The molecule has 106 valence electrons. The number of aromatic nitrogens is 2. The molecule has 21 heavy (non-hydrogen) atoms. The van der Waals surface area contributed by atoms with Gasteiger partial charge in [0.2, 0.25) is 0 Å². The van der Waals surface area contributed by atoms with E-state index in [1.54, 1.807) is 4.57 Å². The van der Waals surface area contributed by atoms with E-state index in [-0.39, 0.29) is 11.6 Å². The molecule has 1 aromatic carbocycles. The first-order chi connectivity index (χ1) is 10.1. The topological polar surface area (TPSA) is 34.9 Å². The molecule has 2 aliphatic carbocycles. The maximum absolute atomic E-state index is 12.1. The van der Waals surface area contributed by atoms with E-state index < -0.39 is 0 Å². The molecule has 0 unspecified atom stereocenters. The number of hydrogen-bond acceptors (Lipinski definition) is 2. The summed E-state index contributed by atoms with van der Waals surface area (Å²) in [6.07, 6.45) is 0. The molecule has 1 heterocycles. The Morgan fingerprint density at radius 3 is 2.19 bits per heavy atom. The average molecular weight is 278 g/mol. The zero-order valence-electron chi connectivity index (χ0n) is 12.5. The highest BCUT2D eigenvalue weighted by Gasteiger charge is 2.09. The molecule has 0 spiro atoms. The van der Waals surface area contributed by atoms with Gasteiger partial charge in [-0.3, -0.25) is 9.36 Å². The van der Waals surface area contributed by atoms with Crippen LogP contribution in [0, 0.1) is 6.92 Å². The summed E-state index contributed by atoms with van der Waals surface area (Å²) in [5, 5.41) is 0.691. The van der Waals surface area contributed by atoms with Gasteiger partial charge in [-0.25, -0.2) is 4.98 Å². The normalized spacial score (nSPS) is 11.2. The van der Waals surface area contributed by atoms with Gasteiger partial charge in [-0.05, 0) is 50.1 Å². The fraction of sp³-hybridized carbons (Fsp3) is 0.222. The lowest BCUT2D eigenvalue weighted by Gasteiger charge is -2.13. The van der Waals surface area contributed by atoms with E-state index in [0.29, 0.717) is 5.39 Å². The number of hydrogen-bond donors (Lipinski definition) is 0. The lowest BCUT2D eigenvalue weighted by molar-refractivity contribution is 0.555. The standard InChI is InChI=1S/C12H14N2O.C6H4/c1-8(2)14-9(3)13-11-7-5-4-6-10(11)12(14)15;1-2-5-4-6(5)3-1/h4-8H,1-3H3;1-4H. The summed E-state index contributed by atoms with van der Waals surface area (Å²) in [6, 6.07) is 16.1. The van der Waals surface area contributed by atoms with E-state index in [4.69, 9.17) is 0 Å². The molecule has 0 atom stereocenters.